The number of halogens is 2. The molecule has 8 rings (SSSR count). The largest absolute Gasteiger partial charge is 0.147 e. The first-order valence-corrected chi connectivity index (χ1v) is 36.7. The smallest absolute Gasteiger partial charge is 0.147 e. The van der Waals surface area contributed by atoms with Crippen LogP contribution in [0.1, 0.15) is 56.3 Å². The fourth-order valence-electron chi connectivity index (χ4n) is 9.34. The Hall–Kier alpha value is -3.01. The van der Waals surface area contributed by atoms with Gasteiger partial charge >= 0.3 is 278 Å². The molecule has 0 bridgehead atoms. The molecule has 48 heavy (non-hydrogen) atoms. The second-order valence-corrected chi connectivity index (χ2v) is 58.1. The molecule has 2 aliphatic carbocycles. The summed E-state index contributed by atoms with van der Waals surface area (Å²) in [6.45, 7) is 7.24. The van der Waals surface area contributed by atoms with Crippen molar-refractivity contribution >= 4 is 65.5 Å². The van der Waals surface area contributed by atoms with E-state index in [0.717, 1.165) is 12.8 Å². The Kier molecular flexibility index (Phi) is 9.46. The zero-order chi connectivity index (χ0) is 31.7. The Morgan fingerprint density at radius 3 is 1.25 bits per heavy atom. The molecule has 0 N–H and O–H groups in total. The summed E-state index contributed by atoms with van der Waals surface area (Å²) >= 11 is -3.85. The molecule has 2 aliphatic rings. The Labute approximate surface area is 300 Å². The van der Waals surface area contributed by atoms with Gasteiger partial charge in [-0.15, -0.1) is 24.8 Å². The summed E-state index contributed by atoms with van der Waals surface area (Å²) in [5.41, 5.74) is 14.8. The number of fused-ring (bicyclic) bond motifs is 4. The molecule has 0 saturated carbocycles. The zero-order valence-electron chi connectivity index (χ0n) is 28.3. The van der Waals surface area contributed by atoms with E-state index in [4.69, 9.17) is 0 Å². The molecule has 0 amide bonds. The summed E-state index contributed by atoms with van der Waals surface area (Å²) in [6.07, 6.45) is 7.40. The van der Waals surface area contributed by atoms with E-state index in [9.17, 15) is 0 Å². The molecule has 6 aromatic carbocycles. The van der Waals surface area contributed by atoms with Crippen molar-refractivity contribution in [2.24, 2.45) is 0 Å². The normalized spacial score (nSPS) is 16.9. The first kappa shape index (κ1) is 34.8. The minimum absolute atomic E-state index is 0. The van der Waals surface area contributed by atoms with Crippen LogP contribution >= 0.6 is 24.8 Å². The van der Waals surface area contributed by atoms with Gasteiger partial charge in [0, 0.05) is 0 Å². The van der Waals surface area contributed by atoms with Gasteiger partial charge in [0.05, 0.1) is 0 Å². The Morgan fingerprint density at radius 2 is 0.833 bits per heavy atom. The van der Waals surface area contributed by atoms with E-state index in [2.05, 4.69) is 164 Å². The van der Waals surface area contributed by atoms with Gasteiger partial charge in [0.1, 0.15) is 0 Å². The number of hydrogen-bond donors (Lipinski definition) is 0. The maximum absolute atomic E-state index is 3.85. The average Bonchev–Trinajstić information content (AvgIpc) is 3.68. The van der Waals surface area contributed by atoms with Crippen molar-refractivity contribution in [1.29, 1.82) is 0 Å². The molecule has 6 aromatic rings. The molecule has 0 fully saturated rings. The number of allylic oxidation sites excluding steroid dienone is 2. The molecule has 0 aromatic heterocycles. The summed E-state index contributed by atoms with van der Waals surface area (Å²) in [5.74, 6) is 0. The van der Waals surface area contributed by atoms with Gasteiger partial charge in [0.15, 0.2) is 0 Å². The van der Waals surface area contributed by atoms with E-state index < -0.39 is 17.1 Å². The van der Waals surface area contributed by atoms with Crippen LogP contribution in [0.3, 0.4) is 0 Å². The van der Waals surface area contributed by atoms with Crippen LogP contribution in [0, 0.1) is 0 Å². The van der Waals surface area contributed by atoms with E-state index in [1.165, 1.54) is 54.9 Å². The molecular formula is C44H44Cl2HfSi. The second-order valence-electron chi connectivity index (χ2n) is 14.6. The van der Waals surface area contributed by atoms with Gasteiger partial charge in [0.25, 0.3) is 0 Å². The first-order chi connectivity index (χ1) is 22.3. The molecule has 242 valence electrons. The van der Waals surface area contributed by atoms with Gasteiger partial charge in [0.2, 0.25) is 0 Å². The van der Waals surface area contributed by atoms with Crippen LogP contribution in [0.25, 0.3) is 56.0 Å². The molecule has 0 heterocycles. The molecule has 0 nitrogen and oxygen atoms in total. The topological polar surface area (TPSA) is 0 Å². The number of hydrogen-bond acceptors (Lipinski definition) is 0. The fraction of sp³-hybridized carbons (Fsp3) is 0.182. The predicted molar refractivity (Wildman–Crippen MR) is 216 cm³/mol. The minimum Gasteiger partial charge on any atom is -0.147 e. The van der Waals surface area contributed by atoms with Gasteiger partial charge in [-0.25, -0.2) is 0 Å². The summed E-state index contributed by atoms with van der Waals surface area (Å²) in [7, 11) is 0. The monoisotopic (exact) mass is 850 g/mol. The van der Waals surface area contributed by atoms with Crippen LogP contribution in [0.15, 0.2) is 132 Å². The fourth-order valence-corrected chi connectivity index (χ4v) is 38.4. The molecule has 4 heteroatoms. The van der Waals surface area contributed by atoms with Crippen molar-refractivity contribution in [3.05, 3.63) is 155 Å². The predicted octanol–water partition coefficient (Wildman–Crippen LogP) is 12.9. The summed E-state index contributed by atoms with van der Waals surface area (Å²) < 4.78 is 6.63. The second kappa shape index (κ2) is 13.0. The number of benzene rings is 6. The summed E-state index contributed by atoms with van der Waals surface area (Å²) in [6, 6.07) is 45.6. The van der Waals surface area contributed by atoms with Gasteiger partial charge in [-0.05, 0) is 0 Å². The van der Waals surface area contributed by atoms with E-state index in [1.807, 2.05) is 0 Å². The van der Waals surface area contributed by atoms with Crippen LogP contribution in [0.4, 0.5) is 0 Å². The third kappa shape index (κ3) is 5.35. The summed E-state index contributed by atoms with van der Waals surface area (Å²) in [4.78, 5) is 0. The van der Waals surface area contributed by atoms with Gasteiger partial charge in [-0.1, -0.05) is 0 Å². The van der Waals surface area contributed by atoms with Crippen molar-refractivity contribution in [3.63, 3.8) is 0 Å². The Balaban J connectivity index is 0.00000201. The van der Waals surface area contributed by atoms with Crippen LogP contribution in [-0.2, 0) is 17.1 Å². The van der Waals surface area contributed by atoms with Crippen LogP contribution in [0.2, 0.25) is 9.36 Å². The molecule has 0 radical (unpaired) electrons. The Morgan fingerprint density at radius 1 is 0.479 bits per heavy atom. The summed E-state index contributed by atoms with van der Waals surface area (Å²) in [5, 5.41) is 5.30. The van der Waals surface area contributed by atoms with Crippen molar-refractivity contribution in [2.45, 2.75) is 43.4 Å². The zero-order valence-corrected chi connectivity index (χ0v) is 34.9. The van der Waals surface area contributed by atoms with E-state index in [-0.39, 0.29) is 24.8 Å². The van der Waals surface area contributed by atoms with E-state index in [0.29, 0.717) is 7.35 Å². The van der Waals surface area contributed by atoms with Crippen LogP contribution in [-0.4, -0.2) is 6.94 Å². The quantitative estimate of drug-likeness (QED) is 0.147. The van der Waals surface area contributed by atoms with E-state index >= 15 is 0 Å². The minimum atomic E-state index is -3.85. The molecule has 2 unspecified atom stereocenters. The van der Waals surface area contributed by atoms with Crippen molar-refractivity contribution in [3.8, 4) is 22.3 Å². The van der Waals surface area contributed by atoms with Gasteiger partial charge < -0.3 is 0 Å². The van der Waals surface area contributed by atoms with Crippen LogP contribution < -0.4 is 0 Å². The van der Waals surface area contributed by atoms with Crippen molar-refractivity contribution in [1.82, 2.24) is 0 Å². The van der Waals surface area contributed by atoms with E-state index in [1.54, 1.807) is 22.3 Å². The van der Waals surface area contributed by atoms with Crippen LogP contribution in [0.5, 0.6) is 0 Å². The third-order valence-corrected chi connectivity index (χ3v) is 36.4. The first-order valence-electron chi connectivity index (χ1n) is 17.0. The van der Waals surface area contributed by atoms with Crippen molar-refractivity contribution in [2.75, 3.05) is 0 Å². The maximum Gasteiger partial charge on any atom is -0.147 e. The molecule has 0 spiro atoms. The van der Waals surface area contributed by atoms with Gasteiger partial charge in [-0.2, -0.15) is 0 Å². The molecular weight excluding hydrogens is 806 g/mol. The molecule has 2 atom stereocenters. The molecule has 0 aliphatic heterocycles. The molecule has 0 saturated heterocycles. The Bertz CT molecular complexity index is 2170. The number of rotatable bonds is 6. The maximum atomic E-state index is 2.79. The van der Waals surface area contributed by atoms with Crippen molar-refractivity contribution < 1.29 is 17.1 Å². The third-order valence-electron chi connectivity index (χ3n) is 11.2. The van der Waals surface area contributed by atoms with Gasteiger partial charge in [-0.3, -0.25) is 0 Å². The SMILES string of the molecule is CCC1=Cc2c(-c3cccc4ccccc34)cccc2[CH]1[Hf]([CH3])([CH3])(=[SiH2])[CH]1C(CC)=Cc2c(-c3cccc4ccccc34)cccc21.Cl.Cl. The average molecular weight is 850 g/mol. The standard InChI is InChI=1S/2C21H17.2CH3.2ClH.Hf.H2Si/c2*1-2-15-13-17-9-6-12-20(21(17)14-15)19-11-5-8-16-7-3-4-10-18(16)19;;;;;;/h2*3-14H,2H2,1H3;2*1H3;2*1H;;1H2.